The molecular weight excluding hydrogens is 312 g/mol. The smallest absolute Gasteiger partial charge is 0.321 e. The van der Waals surface area contributed by atoms with Crippen LogP contribution in [0, 0.1) is 0 Å². The van der Waals surface area contributed by atoms with E-state index >= 15 is 0 Å². The second-order valence-electron chi connectivity index (χ2n) is 5.53. The molecule has 8 nitrogen and oxygen atoms in total. The molecule has 124 valence electrons. The van der Waals surface area contributed by atoms with Crippen LogP contribution < -0.4 is 19.5 Å². The molecule has 4 rings (SSSR count). The summed E-state index contributed by atoms with van der Waals surface area (Å²) in [5, 5.41) is 10.5. The van der Waals surface area contributed by atoms with Gasteiger partial charge < -0.3 is 24.4 Å². The molecule has 2 aliphatic rings. The molecule has 0 spiro atoms. The molecule has 1 saturated heterocycles. The number of hydrogen-bond donors (Lipinski definition) is 1. The van der Waals surface area contributed by atoms with Crippen LogP contribution in [0.25, 0.3) is 0 Å². The Hall–Kier alpha value is -3.03. The largest absolute Gasteiger partial charge is 0.471 e. The first-order valence-electron chi connectivity index (χ1n) is 7.68. The second-order valence-corrected chi connectivity index (χ2v) is 5.53. The van der Waals surface area contributed by atoms with Crippen LogP contribution in [0.15, 0.2) is 36.5 Å². The van der Waals surface area contributed by atoms with E-state index in [1.807, 2.05) is 0 Å². The molecule has 0 saturated carbocycles. The van der Waals surface area contributed by atoms with Crippen LogP contribution in [0.4, 0.5) is 10.5 Å². The molecule has 0 aliphatic carbocycles. The molecule has 3 heterocycles. The summed E-state index contributed by atoms with van der Waals surface area (Å²) < 4.78 is 16.3. The fourth-order valence-corrected chi connectivity index (χ4v) is 2.71. The van der Waals surface area contributed by atoms with Crippen molar-refractivity contribution < 1.29 is 19.0 Å². The Bertz CT molecular complexity index is 740. The second kappa shape index (κ2) is 6.23. The van der Waals surface area contributed by atoms with E-state index in [-0.39, 0.29) is 18.9 Å². The van der Waals surface area contributed by atoms with Crippen LogP contribution in [-0.2, 0) is 0 Å². The summed E-state index contributed by atoms with van der Waals surface area (Å²) in [5.74, 6) is 1.80. The van der Waals surface area contributed by atoms with E-state index < -0.39 is 0 Å². The third-order valence-corrected chi connectivity index (χ3v) is 3.89. The maximum atomic E-state index is 12.4. The number of carbonyl (C=O) groups is 1. The summed E-state index contributed by atoms with van der Waals surface area (Å²) in [6.07, 6.45) is 2.27. The summed E-state index contributed by atoms with van der Waals surface area (Å²) in [4.78, 5) is 14.1. The van der Waals surface area contributed by atoms with Crippen molar-refractivity contribution in [2.24, 2.45) is 0 Å². The number of ether oxygens (including phenoxy) is 3. The number of likely N-dealkylation sites (tertiary alicyclic amines) is 1. The van der Waals surface area contributed by atoms with E-state index in [0.29, 0.717) is 36.2 Å². The van der Waals surface area contributed by atoms with Crippen molar-refractivity contribution in [3.8, 4) is 17.4 Å². The first-order chi connectivity index (χ1) is 11.8. The fourth-order valence-electron chi connectivity index (χ4n) is 2.71. The lowest BCUT2D eigenvalue weighted by Crippen LogP contribution is -2.34. The van der Waals surface area contributed by atoms with Crippen LogP contribution in [0.1, 0.15) is 6.42 Å². The van der Waals surface area contributed by atoms with E-state index in [9.17, 15) is 4.79 Å². The van der Waals surface area contributed by atoms with Crippen molar-refractivity contribution in [1.29, 1.82) is 0 Å². The predicted octanol–water partition coefficient (Wildman–Crippen LogP) is 1.89. The standard InChI is InChI=1S/C16H16N4O4/c21-16(18-11-3-4-13-14(8-11)23-10-22-13)20-7-5-12(9-20)24-15-2-1-6-17-19-15/h1-4,6,8,12H,5,7,9-10H2,(H,18,21). The zero-order valence-electron chi connectivity index (χ0n) is 12.8. The highest BCUT2D eigenvalue weighted by Crippen LogP contribution is 2.34. The average Bonchev–Trinajstić information content (AvgIpc) is 3.24. The Morgan fingerprint density at radius 2 is 2.21 bits per heavy atom. The van der Waals surface area contributed by atoms with Crippen LogP contribution in [0.5, 0.6) is 17.4 Å². The van der Waals surface area contributed by atoms with Crippen LogP contribution in [0.3, 0.4) is 0 Å². The van der Waals surface area contributed by atoms with Gasteiger partial charge in [0, 0.05) is 37.0 Å². The normalized spacial score (nSPS) is 18.5. The molecule has 1 fully saturated rings. The summed E-state index contributed by atoms with van der Waals surface area (Å²) in [5.41, 5.74) is 0.669. The molecule has 0 radical (unpaired) electrons. The summed E-state index contributed by atoms with van der Waals surface area (Å²) in [7, 11) is 0. The number of amides is 2. The van der Waals surface area contributed by atoms with Gasteiger partial charge in [0.25, 0.3) is 0 Å². The molecule has 1 N–H and O–H groups in total. The minimum absolute atomic E-state index is 0.0794. The lowest BCUT2D eigenvalue weighted by Gasteiger charge is -2.17. The number of benzene rings is 1. The van der Waals surface area contributed by atoms with Gasteiger partial charge in [0.2, 0.25) is 12.7 Å². The van der Waals surface area contributed by atoms with Crippen molar-refractivity contribution in [1.82, 2.24) is 15.1 Å². The van der Waals surface area contributed by atoms with Crippen molar-refractivity contribution in [3.63, 3.8) is 0 Å². The van der Waals surface area contributed by atoms with Gasteiger partial charge >= 0.3 is 6.03 Å². The van der Waals surface area contributed by atoms with Gasteiger partial charge in [0.15, 0.2) is 11.5 Å². The van der Waals surface area contributed by atoms with E-state index in [1.165, 1.54) is 0 Å². The number of carbonyl (C=O) groups excluding carboxylic acids is 1. The molecule has 1 aromatic carbocycles. The Balaban J connectivity index is 1.34. The monoisotopic (exact) mass is 328 g/mol. The molecule has 1 atom stereocenters. The molecule has 1 aromatic heterocycles. The average molecular weight is 328 g/mol. The maximum Gasteiger partial charge on any atom is 0.321 e. The van der Waals surface area contributed by atoms with E-state index in [2.05, 4.69) is 15.5 Å². The number of rotatable bonds is 3. The summed E-state index contributed by atoms with van der Waals surface area (Å²) in [6.45, 7) is 1.34. The van der Waals surface area contributed by atoms with Gasteiger partial charge in [-0.05, 0) is 18.2 Å². The zero-order valence-corrected chi connectivity index (χ0v) is 12.8. The molecule has 2 amide bonds. The predicted molar refractivity (Wildman–Crippen MR) is 84.2 cm³/mol. The minimum atomic E-state index is -0.167. The number of nitrogens with one attached hydrogen (secondary N) is 1. The van der Waals surface area contributed by atoms with Crippen LogP contribution in [-0.4, -0.2) is 47.1 Å². The molecule has 8 heteroatoms. The number of hydrogen-bond acceptors (Lipinski definition) is 6. The number of nitrogens with zero attached hydrogens (tertiary/aromatic N) is 3. The Morgan fingerprint density at radius 1 is 1.29 bits per heavy atom. The number of urea groups is 1. The van der Waals surface area contributed by atoms with E-state index in [1.54, 1.807) is 41.4 Å². The van der Waals surface area contributed by atoms with Crippen molar-refractivity contribution in [2.45, 2.75) is 12.5 Å². The van der Waals surface area contributed by atoms with Gasteiger partial charge in [0.1, 0.15) is 6.10 Å². The Labute approximate surface area is 138 Å². The lowest BCUT2D eigenvalue weighted by atomic mass is 10.3. The number of fused-ring (bicyclic) bond motifs is 1. The third kappa shape index (κ3) is 3.03. The maximum absolute atomic E-state index is 12.4. The minimum Gasteiger partial charge on any atom is -0.471 e. The number of aromatic nitrogens is 2. The highest BCUT2D eigenvalue weighted by molar-refractivity contribution is 5.90. The van der Waals surface area contributed by atoms with E-state index in [0.717, 1.165) is 6.42 Å². The van der Waals surface area contributed by atoms with Crippen molar-refractivity contribution in [3.05, 3.63) is 36.5 Å². The zero-order chi connectivity index (χ0) is 16.4. The number of anilines is 1. The lowest BCUT2D eigenvalue weighted by molar-refractivity contribution is 0.174. The van der Waals surface area contributed by atoms with Crippen molar-refractivity contribution >= 4 is 11.7 Å². The van der Waals surface area contributed by atoms with Gasteiger partial charge in [-0.15, -0.1) is 5.10 Å². The van der Waals surface area contributed by atoms with Gasteiger partial charge in [-0.25, -0.2) is 4.79 Å². The van der Waals surface area contributed by atoms with Crippen LogP contribution >= 0.6 is 0 Å². The Morgan fingerprint density at radius 3 is 3.08 bits per heavy atom. The first-order valence-corrected chi connectivity index (χ1v) is 7.68. The first kappa shape index (κ1) is 14.6. The fraction of sp³-hybridized carbons (Fsp3) is 0.312. The molecule has 0 bridgehead atoms. The summed E-state index contributed by atoms with van der Waals surface area (Å²) >= 11 is 0. The van der Waals surface area contributed by atoms with Gasteiger partial charge in [0.05, 0.1) is 6.54 Å². The van der Waals surface area contributed by atoms with Gasteiger partial charge in [-0.1, -0.05) is 0 Å². The third-order valence-electron chi connectivity index (χ3n) is 3.89. The summed E-state index contributed by atoms with van der Waals surface area (Å²) in [6, 6.07) is 8.67. The van der Waals surface area contributed by atoms with Crippen molar-refractivity contribution in [2.75, 3.05) is 25.2 Å². The Kier molecular flexibility index (Phi) is 3.78. The molecule has 1 unspecified atom stereocenters. The van der Waals surface area contributed by atoms with Crippen LogP contribution in [0.2, 0.25) is 0 Å². The van der Waals surface area contributed by atoms with E-state index in [4.69, 9.17) is 14.2 Å². The quantitative estimate of drug-likeness (QED) is 0.926. The highest BCUT2D eigenvalue weighted by atomic mass is 16.7. The molecule has 24 heavy (non-hydrogen) atoms. The topological polar surface area (TPSA) is 85.8 Å². The SMILES string of the molecule is O=C(Nc1ccc2c(c1)OCO2)N1CCC(Oc2cccnn2)C1. The molecule has 2 aliphatic heterocycles. The molecule has 2 aromatic rings. The van der Waals surface area contributed by atoms with Gasteiger partial charge in [-0.2, -0.15) is 5.10 Å². The van der Waals surface area contributed by atoms with Gasteiger partial charge in [-0.3, -0.25) is 0 Å². The molecular formula is C16H16N4O4. The highest BCUT2D eigenvalue weighted by Gasteiger charge is 2.28.